The van der Waals surface area contributed by atoms with Crippen LogP contribution in [0.25, 0.3) is 0 Å². The highest BCUT2D eigenvalue weighted by Crippen LogP contribution is 2.48. The Morgan fingerprint density at radius 1 is 1.43 bits per heavy atom. The third kappa shape index (κ3) is 3.36. The van der Waals surface area contributed by atoms with E-state index < -0.39 is 11.4 Å². The number of ether oxygens (including phenoxy) is 1. The molecule has 0 unspecified atom stereocenters. The van der Waals surface area contributed by atoms with Crippen LogP contribution >= 0.6 is 0 Å². The lowest BCUT2D eigenvalue weighted by Gasteiger charge is -2.33. The summed E-state index contributed by atoms with van der Waals surface area (Å²) >= 11 is 0. The molecule has 0 aromatic heterocycles. The Morgan fingerprint density at radius 3 is 2.78 bits per heavy atom. The van der Waals surface area contributed by atoms with Crippen LogP contribution in [0.5, 0.6) is 0 Å². The van der Waals surface area contributed by atoms with Gasteiger partial charge in [-0.2, -0.15) is 10.5 Å². The molecule has 0 radical (unpaired) electrons. The van der Waals surface area contributed by atoms with E-state index in [1.165, 1.54) is 6.92 Å². The Bertz CT molecular complexity index is 692. The molecule has 0 heterocycles. The van der Waals surface area contributed by atoms with E-state index in [1.54, 1.807) is 0 Å². The molecule has 2 aliphatic rings. The fraction of sp³-hybridized carbons (Fsp3) is 0.421. The van der Waals surface area contributed by atoms with Gasteiger partial charge in [0.15, 0.2) is 12.0 Å². The smallest absolute Gasteiger partial charge is 0.303 e. The monoisotopic (exact) mass is 306 g/mol. The van der Waals surface area contributed by atoms with Crippen LogP contribution in [0.2, 0.25) is 0 Å². The average Bonchev–Trinajstić information content (AvgIpc) is 2.93. The van der Waals surface area contributed by atoms with Gasteiger partial charge in [-0.3, -0.25) is 4.79 Å². The summed E-state index contributed by atoms with van der Waals surface area (Å²) in [5.41, 5.74) is -0.490. The summed E-state index contributed by atoms with van der Waals surface area (Å²) in [5.74, 6) is 5.65. The summed E-state index contributed by atoms with van der Waals surface area (Å²) in [6.07, 6.45) is 9.21. The zero-order valence-electron chi connectivity index (χ0n) is 13.1. The minimum atomic E-state index is -1.29. The molecule has 0 aromatic carbocycles. The molecule has 2 rings (SSSR count). The van der Waals surface area contributed by atoms with Crippen LogP contribution in [-0.4, -0.2) is 12.6 Å². The molecule has 4 heteroatoms. The number of allylic oxidation sites excluding steroid dienone is 5. The van der Waals surface area contributed by atoms with Crippen molar-refractivity contribution >= 4 is 5.97 Å². The zero-order chi connectivity index (χ0) is 16.9. The number of rotatable bonds is 4. The summed E-state index contributed by atoms with van der Waals surface area (Å²) < 4.78 is 4.74. The fourth-order valence-electron chi connectivity index (χ4n) is 3.17. The summed E-state index contributed by atoms with van der Waals surface area (Å²) in [5, 5.41) is 19.3. The van der Waals surface area contributed by atoms with Gasteiger partial charge in [0, 0.05) is 19.3 Å². The Labute approximate surface area is 136 Å². The summed E-state index contributed by atoms with van der Waals surface area (Å²) in [6.45, 7) is 5.15. The number of nitrogens with zero attached hydrogens (tertiary/aromatic N) is 2. The third-order valence-electron chi connectivity index (χ3n) is 4.32. The molecule has 2 aliphatic carbocycles. The van der Waals surface area contributed by atoms with Crippen molar-refractivity contribution in [3.8, 4) is 24.0 Å². The van der Waals surface area contributed by atoms with Crippen LogP contribution in [0, 0.1) is 57.7 Å². The van der Waals surface area contributed by atoms with Crippen molar-refractivity contribution in [2.75, 3.05) is 6.61 Å². The number of nitriles is 2. The summed E-state index contributed by atoms with van der Waals surface area (Å²) in [4.78, 5) is 10.7. The van der Waals surface area contributed by atoms with Gasteiger partial charge in [0.05, 0.1) is 12.1 Å². The number of carbonyl (C=O) groups is 1. The quantitative estimate of drug-likeness (QED) is 0.455. The van der Waals surface area contributed by atoms with E-state index >= 15 is 0 Å². The van der Waals surface area contributed by atoms with Gasteiger partial charge in [-0.15, -0.1) is 6.58 Å². The van der Waals surface area contributed by atoms with Gasteiger partial charge >= 0.3 is 5.97 Å². The van der Waals surface area contributed by atoms with E-state index in [1.807, 2.05) is 12.2 Å². The molecule has 0 spiro atoms. The lowest BCUT2D eigenvalue weighted by atomic mass is 9.66. The van der Waals surface area contributed by atoms with Crippen LogP contribution in [0.1, 0.15) is 19.8 Å². The SMILES string of the molecule is C=C[C@@H]1C(C(C#N)(C#N)CC#CCOC(C)=O)=C[C@H]2C=C[C@@H]1C2. The van der Waals surface area contributed by atoms with Crippen molar-refractivity contribution in [3.05, 3.63) is 36.5 Å². The van der Waals surface area contributed by atoms with E-state index in [0.717, 1.165) is 12.0 Å². The summed E-state index contributed by atoms with van der Waals surface area (Å²) in [6, 6.07) is 4.31. The van der Waals surface area contributed by atoms with E-state index in [-0.39, 0.29) is 24.9 Å². The first kappa shape index (κ1) is 16.6. The summed E-state index contributed by atoms with van der Waals surface area (Å²) in [7, 11) is 0. The Kier molecular flexibility index (Phi) is 5.05. The first-order chi connectivity index (χ1) is 11.1. The number of hydrogen-bond acceptors (Lipinski definition) is 4. The van der Waals surface area contributed by atoms with Crippen molar-refractivity contribution < 1.29 is 9.53 Å². The lowest BCUT2D eigenvalue weighted by Crippen LogP contribution is -2.30. The second-order valence-electron chi connectivity index (χ2n) is 5.77. The maximum Gasteiger partial charge on any atom is 0.303 e. The van der Waals surface area contributed by atoms with Gasteiger partial charge in [0.1, 0.15) is 0 Å². The minimum Gasteiger partial charge on any atom is -0.453 e. The highest BCUT2D eigenvalue weighted by atomic mass is 16.5. The topological polar surface area (TPSA) is 73.9 Å². The van der Waals surface area contributed by atoms with Crippen LogP contribution in [0.3, 0.4) is 0 Å². The zero-order valence-corrected chi connectivity index (χ0v) is 13.1. The molecule has 0 aliphatic heterocycles. The van der Waals surface area contributed by atoms with Crippen LogP contribution < -0.4 is 0 Å². The van der Waals surface area contributed by atoms with E-state index in [4.69, 9.17) is 4.74 Å². The van der Waals surface area contributed by atoms with Gasteiger partial charge in [-0.05, 0) is 23.8 Å². The van der Waals surface area contributed by atoms with Gasteiger partial charge < -0.3 is 4.74 Å². The molecule has 0 saturated heterocycles. The minimum absolute atomic E-state index is 0.0143. The standard InChI is InChI=1S/C19H18N2O2/c1-3-17-16-7-6-15(10-16)11-18(17)19(12-20,13-21)8-4-5-9-23-14(2)22/h3,6-7,11,15-17H,1,8-10H2,2H3/t15-,16+,17-/m0/s1. The number of hydrogen-bond donors (Lipinski definition) is 0. The van der Waals surface area contributed by atoms with Crippen molar-refractivity contribution in [3.63, 3.8) is 0 Å². The normalized spacial score (nSPS) is 24.5. The van der Waals surface area contributed by atoms with Gasteiger partial charge in [-0.1, -0.05) is 36.1 Å². The molecule has 0 amide bonds. The van der Waals surface area contributed by atoms with Gasteiger partial charge in [0.2, 0.25) is 0 Å². The molecule has 0 fully saturated rings. The van der Waals surface area contributed by atoms with Crippen LogP contribution in [0.15, 0.2) is 36.5 Å². The van der Waals surface area contributed by atoms with Gasteiger partial charge in [-0.25, -0.2) is 0 Å². The number of esters is 1. The molecule has 2 bridgehead atoms. The molecule has 116 valence electrons. The molecule has 0 saturated carbocycles. The van der Waals surface area contributed by atoms with E-state index in [0.29, 0.717) is 5.92 Å². The fourth-order valence-corrected chi connectivity index (χ4v) is 3.17. The predicted octanol–water partition coefficient (Wildman–Crippen LogP) is 2.91. The molecular weight excluding hydrogens is 288 g/mol. The Hall–Kier alpha value is -2.77. The molecule has 0 aromatic rings. The number of carbonyl (C=O) groups excluding carboxylic acids is 1. The van der Waals surface area contributed by atoms with Crippen LogP contribution in [0.4, 0.5) is 0 Å². The van der Waals surface area contributed by atoms with Crippen molar-refractivity contribution in [2.24, 2.45) is 23.2 Å². The molecule has 0 N–H and O–H groups in total. The first-order valence-electron chi connectivity index (χ1n) is 7.51. The van der Waals surface area contributed by atoms with Crippen molar-refractivity contribution in [1.29, 1.82) is 10.5 Å². The molecule has 3 atom stereocenters. The Morgan fingerprint density at radius 2 is 2.17 bits per heavy atom. The molecule has 4 nitrogen and oxygen atoms in total. The maximum atomic E-state index is 10.7. The van der Waals surface area contributed by atoms with Gasteiger partial charge in [0.25, 0.3) is 0 Å². The number of fused-ring (bicyclic) bond motifs is 2. The molecular formula is C19H18N2O2. The second kappa shape index (κ2) is 6.99. The average molecular weight is 306 g/mol. The maximum absolute atomic E-state index is 10.7. The Balaban J connectivity index is 2.24. The van der Waals surface area contributed by atoms with Crippen LogP contribution in [-0.2, 0) is 9.53 Å². The van der Waals surface area contributed by atoms with Crippen molar-refractivity contribution in [1.82, 2.24) is 0 Å². The molecule has 23 heavy (non-hydrogen) atoms. The van der Waals surface area contributed by atoms with E-state index in [2.05, 4.69) is 42.7 Å². The second-order valence-corrected chi connectivity index (χ2v) is 5.77. The first-order valence-corrected chi connectivity index (χ1v) is 7.51. The van der Waals surface area contributed by atoms with Crippen molar-refractivity contribution in [2.45, 2.75) is 19.8 Å². The largest absolute Gasteiger partial charge is 0.453 e. The highest BCUT2D eigenvalue weighted by Gasteiger charge is 2.43. The lowest BCUT2D eigenvalue weighted by molar-refractivity contribution is -0.139. The third-order valence-corrected chi connectivity index (χ3v) is 4.32. The predicted molar refractivity (Wildman–Crippen MR) is 85.2 cm³/mol. The van der Waals surface area contributed by atoms with E-state index in [9.17, 15) is 15.3 Å². The highest BCUT2D eigenvalue weighted by molar-refractivity contribution is 5.66.